The van der Waals surface area contributed by atoms with Crippen LogP contribution in [0.1, 0.15) is 0 Å². The number of carbonyl (C=O) groups excluding carboxylic acids is 1. The van der Waals surface area contributed by atoms with E-state index in [-0.39, 0.29) is 6.61 Å². The topological polar surface area (TPSA) is 72.5 Å². The van der Waals surface area contributed by atoms with Crippen LogP contribution in [0.3, 0.4) is 0 Å². The Labute approximate surface area is 123 Å². The van der Waals surface area contributed by atoms with Gasteiger partial charge in [-0.15, -0.1) is 0 Å². The van der Waals surface area contributed by atoms with Gasteiger partial charge in [0, 0.05) is 0 Å². The number of hydrogen-bond donors (Lipinski definition) is 1. The van der Waals surface area contributed by atoms with Gasteiger partial charge in [0.1, 0.15) is 5.75 Å². The van der Waals surface area contributed by atoms with Gasteiger partial charge in [-0.3, -0.25) is 9.52 Å². The first-order valence-corrected chi connectivity index (χ1v) is 8.12. The highest BCUT2D eigenvalue weighted by molar-refractivity contribution is 7.89. The molecule has 2 aromatic rings. The van der Waals surface area contributed by atoms with Crippen molar-refractivity contribution in [3.8, 4) is 16.9 Å². The number of hydrogen-bond acceptors (Lipinski definition) is 4. The molecule has 1 amide bonds. The summed E-state index contributed by atoms with van der Waals surface area (Å²) >= 11 is 0. The van der Waals surface area contributed by atoms with Crippen molar-refractivity contribution >= 4 is 15.9 Å². The molecule has 6 heteroatoms. The second-order valence-electron chi connectivity index (χ2n) is 4.48. The molecule has 0 spiro atoms. The maximum absolute atomic E-state index is 11.3. The lowest BCUT2D eigenvalue weighted by molar-refractivity contribution is -0.121. The Kier molecular flexibility index (Phi) is 4.59. The van der Waals surface area contributed by atoms with Gasteiger partial charge >= 0.3 is 0 Å². The summed E-state index contributed by atoms with van der Waals surface area (Å²) in [4.78, 5) is 11.3. The van der Waals surface area contributed by atoms with Crippen LogP contribution in [0.15, 0.2) is 54.6 Å². The Balaban J connectivity index is 1.96. The molecule has 5 nitrogen and oxygen atoms in total. The number of sulfonamides is 1. The van der Waals surface area contributed by atoms with Gasteiger partial charge in [0.15, 0.2) is 6.61 Å². The van der Waals surface area contributed by atoms with E-state index in [2.05, 4.69) is 0 Å². The standard InChI is InChI=1S/C15H15NO4S/c1-21(18,19)16-15(17)11-20-14-9-7-13(8-10-14)12-5-3-2-4-6-12/h2-10H,11H2,1H3,(H,16,17). The summed E-state index contributed by atoms with van der Waals surface area (Å²) in [6.45, 7) is -0.349. The third kappa shape index (κ3) is 4.92. The Morgan fingerprint density at radius 2 is 1.57 bits per heavy atom. The monoisotopic (exact) mass is 305 g/mol. The van der Waals surface area contributed by atoms with Crippen molar-refractivity contribution in [2.45, 2.75) is 0 Å². The number of rotatable bonds is 5. The average Bonchev–Trinajstić information content (AvgIpc) is 2.45. The molecule has 0 radical (unpaired) electrons. The zero-order chi connectivity index (χ0) is 15.3. The van der Waals surface area contributed by atoms with E-state index in [0.29, 0.717) is 5.75 Å². The van der Waals surface area contributed by atoms with Crippen LogP contribution in [-0.4, -0.2) is 27.2 Å². The third-order valence-corrected chi connectivity index (χ3v) is 3.23. The van der Waals surface area contributed by atoms with E-state index in [4.69, 9.17) is 4.74 Å². The summed E-state index contributed by atoms with van der Waals surface area (Å²) in [5, 5.41) is 0. The van der Waals surface area contributed by atoms with Gasteiger partial charge in [0.25, 0.3) is 5.91 Å². The lowest BCUT2D eigenvalue weighted by Gasteiger charge is -2.07. The van der Waals surface area contributed by atoms with Crippen LogP contribution in [0.4, 0.5) is 0 Å². The fourth-order valence-corrected chi connectivity index (χ4v) is 2.23. The van der Waals surface area contributed by atoms with Crippen molar-refractivity contribution in [1.82, 2.24) is 4.72 Å². The van der Waals surface area contributed by atoms with Crippen molar-refractivity contribution in [2.24, 2.45) is 0 Å². The predicted molar refractivity (Wildman–Crippen MR) is 80.4 cm³/mol. The molecular weight excluding hydrogens is 290 g/mol. The normalized spacial score (nSPS) is 10.9. The molecule has 0 aliphatic rings. The molecule has 0 aliphatic heterocycles. The van der Waals surface area contributed by atoms with Crippen LogP contribution in [0, 0.1) is 0 Å². The molecule has 1 N–H and O–H groups in total. The summed E-state index contributed by atoms with van der Waals surface area (Å²) < 4.78 is 28.8. The molecule has 2 rings (SSSR count). The minimum atomic E-state index is -3.55. The fraction of sp³-hybridized carbons (Fsp3) is 0.133. The first-order valence-electron chi connectivity index (χ1n) is 6.23. The van der Waals surface area contributed by atoms with Gasteiger partial charge in [-0.1, -0.05) is 42.5 Å². The number of benzene rings is 2. The second-order valence-corrected chi connectivity index (χ2v) is 6.22. The van der Waals surface area contributed by atoms with Crippen LogP contribution in [0.25, 0.3) is 11.1 Å². The lowest BCUT2D eigenvalue weighted by Crippen LogP contribution is -2.33. The van der Waals surface area contributed by atoms with Crippen molar-refractivity contribution in [2.75, 3.05) is 12.9 Å². The van der Waals surface area contributed by atoms with E-state index < -0.39 is 15.9 Å². The summed E-state index contributed by atoms with van der Waals surface area (Å²) in [6.07, 6.45) is 0.916. The maximum atomic E-state index is 11.3. The molecule has 0 saturated heterocycles. The van der Waals surface area contributed by atoms with E-state index in [9.17, 15) is 13.2 Å². The molecule has 0 bridgehead atoms. The zero-order valence-electron chi connectivity index (χ0n) is 11.4. The largest absolute Gasteiger partial charge is 0.484 e. The van der Waals surface area contributed by atoms with Crippen LogP contribution in [0.5, 0.6) is 5.75 Å². The van der Waals surface area contributed by atoms with Gasteiger partial charge in [0.05, 0.1) is 6.26 Å². The van der Waals surface area contributed by atoms with Gasteiger partial charge < -0.3 is 4.74 Å². The molecule has 0 heterocycles. The third-order valence-electron chi connectivity index (χ3n) is 2.63. The van der Waals surface area contributed by atoms with E-state index in [1.54, 1.807) is 12.1 Å². The number of carbonyl (C=O) groups is 1. The quantitative estimate of drug-likeness (QED) is 0.914. The van der Waals surface area contributed by atoms with E-state index >= 15 is 0 Å². The van der Waals surface area contributed by atoms with Gasteiger partial charge in [-0.2, -0.15) is 0 Å². The van der Waals surface area contributed by atoms with Crippen LogP contribution in [0.2, 0.25) is 0 Å². The minimum Gasteiger partial charge on any atom is -0.484 e. The number of ether oxygens (including phenoxy) is 1. The predicted octanol–water partition coefficient (Wildman–Crippen LogP) is 1.81. The highest BCUT2D eigenvalue weighted by Crippen LogP contribution is 2.21. The van der Waals surface area contributed by atoms with Crippen molar-refractivity contribution in [3.63, 3.8) is 0 Å². The summed E-state index contributed by atoms with van der Waals surface area (Å²) in [6, 6.07) is 17.1. The van der Waals surface area contributed by atoms with Crippen LogP contribution < -0.4 is 9.46 Å². The maximum Gasteiger partial charge on any atom is 0.271 e. The highest BCUT2D eigenvalue weighted by Gasteiger charge is 2.08. The van der Waals surface area contributed by atoms with Crippen LogP contribution >= 0.6 is 0 Å². The molecule has 0 fully saturated rings. The molecule has 0 unspecified atom stereocenters. The summed E-state index contributed by atoms with van der Waals surface area (Å²) in [7, 11) is -3.55. The Hall–Kier alpha value is -2.34. The van der Waals surface area contributed by atoms with Crippen molar-refractivity contribution in [3.05, 3.63) is 54.6 Å². The Bertz CT molecular complexity index is 709. The highest BCUT2D eigenvalue weighted by atomic mass is 32.2. The number of nitrogens with one attached hydrogen (secondary N) is 1. The second kappa shape index (κ2) is 6.41. The summed E-state index contributed by atoms with van der Waals surface area (Å²) in [5.74, 6) is -0.206. The van der Waals surface area contributed by atoms with Gasteiger partial charge in [-0.25, -0.2) is 8.42 Å². The minimum absolute atomic E-state index is 0.349. The van der Waals surface area contributed by atoms with Crippen LogP contribution in [-0.2, 0) is 14.8 Å². The average molecular weight is 305 g/mol. The first-order chi connectivity index (χ1) is 9.94. The molecule has 110 valence electrons. The molecule has 0 atom stereocenters. The Morgan fingerprint density at radius 3 is 2.14 bits per heavy atom. The van der Waals surface area contributed by atoms with Crippen molar-refractivity contribution in [1.29, 1.82) is 0 Å². The van der Waals surface area contributed by atoms with Crippen molar-refractivity contribution < 1.29 is 17.9 Å². The SMILES string of the molecule is CS(=O)(=O)NC(=O)COc1ccc(-c2ccccc2)cc1. The zero-order valence-corrected chi connectivity index (χ0v) is 12.3. The Morgan fingerprint density at radius 1 is 1.00 bits per heavy atom. The molecule has 0 aliphatic carbocycles. The van der Waals surface area contributed by atoms with E-state index in [1.807, 2.05) is 47.2 Å². The van der Waals surface area contributed by atoms with Gasteiger partial charge in [0.2, 0.25) is 10.0 Å². The smallest absolute Gasteiger partial charge is 0.271 e. The molecule has 21 heavy (non-hydrogen) atoms. The molecular formula is C15H15NO4S. The molecule has 2 aromatic carbocycles. The molecule has 0 aromatic heterocycles. The van der Waals surface area contributed by atoms with E-state index in [0.717, 1.165) is 17.4 Å². The fourth-order valence-electron chi connectivity index (χ4n) is 1.76. The lowest BCUT2D eigenvalue weighted by atomic mass is 10.1. The number of amides is 1. The first kappa shape index (κ1) is 15.1. The van der Waals surface area contributed by atoms with Gasteiger partial charge in [-0.05, 0) is 23.3 Å². The van der Waals surface area contributed by atoms with E-state index in [1.165, 1.54) is 0 Å². The molecule has 0 saturated carbocycles. The summed E-state index contributed by atoms with van der Waals surface area (Å²) in [5.41, 5.74) is 2.11.